The number of nitrogens with zero attached hydrogens (tertiary/aromatic N) is 1. The molecule has 0 radical (unpaired) electrons. The highest BCUT2D eigenvalue weighted by atomic mass is 32.2. The Morgan fingerprint density at radius 2 is 1.86 bits per heavy atom. The zero-order chi connectivity index (χ0) is 20.8. The summed E-state index contributed by atoms with van der Waals surface area (Å²) in [5, 5.41) is 0.868. The summed E-state index contributed by atoms with van der Waals surface area (Å²) < 4.78 is 34.3. The standard InChI is InChI=1S/C21H25NO6S/c1-13-7-18-15(10-27-19(18)8-14(13)2)9-21(24)28-11-20(23)22(16-3-4-16)17-5-6-29(25,26)12-17/h7-8,10,16-17H,3-6,9,11-12H2,1-2H3/t17-/m1/s1. The second-order valence-electron chi connectivity index (χ2n) is 8.12. The number of benzene rings is 1. The smallest absolute Gasteiger partial charge is 0.310 e. The number of furan rings is 1. The molecule has 1 aliphatic carbocycles. The van der Waals surface area contributed by atoms with Gasteiger partial charge in [0.05, 0.1) is 24.2 Å². The van der Waals surface area contributed by atoms with Gasteiger partial charge in [0, 0.05) is 23.0 Å². The first-order chi connectivity index (χ1) is 13.7. The molecule has 1 atom stereocenters. The lowest BCUT2D eigenvalue weighted by atomic mass is 10.0. The van der Waals surface area contributed by atoms with E-state index in [1.807, 2.05) is 26.0 Å². The van der Waals surface area contributed by atoms with Crippen LogP contribution in [0.2, 0.25) is 0 Å². The zero-order valence-corrected chi connectivity index (χ0v) is 17.5. The summed E-state index contributed by atoms with van der Waals surface area (Å²) in [5.74, 6) is -0.704. The van der Waals surface area contributed by atoms with Crippen LogP contribution >= 0.6 is 0 Å². The van der Waals surface area contributed by atoms with E-state index in [2.05, 4.69) is 0 Å². The number of carbonyl (C=O) groups is 2. The van der Waals surface area contributed by atoms with Crippen molar-refractivity contribution < 1.29 is 27.2 Å². The molecule has 0 spiro atoms. The van der Waals surface area contributed by atoms with Crippen LogP contribution in [0.15, 0.2) is 22.8 Å². The van der Waals surface area contributed by atoms with E-state index in [9.17, 15) is 18.0 Å². The number of carbonyl (C=O) groups excluding carboxylic acids is 2. The lowest BCUT2D eigenvalue weighted by molar-refractivity contribution is -0.152. The molecule has 1 saturated heterocycles. The Kier molecular flexibility index (Phi) is 5.14. The normalized spacial score (nSPS) is 20.7. The highest BCUT2D eigenvalue weighted by Gasteiger charge is 2.42. The van der Waals surface area contributed by atoms with Crippen molar-refractivity contribution in [2.24, 2.45) is 0 Å². The largest absolute Gasteiger partial charge is 0.464 e. The topological polar surface area (TPSA) is 93.9 Å². The van der Waals surface area contributed by atoms with Crippen molar-refractivity contribution >= 4 is 32.7 Å². The Bertz CT molecular complexity index is 1070. The first-order valence-corrected chi connectivity index (χ1v) is 11.7. The fourth-order valence-corrected chi connectivity index (χ4v) is 5.66. The van der Waals surface area contributed by atoms with Crippen molar-refractivity contribution in [3.8, 4) is 0 Å². The van der Waals surface area contributed by atoms with Crippen molar-refractivity contribution in [1.29, 1.82) is 0 Å². The number of amides is 1. The SMILES string of the molecule is Cc1cc2occ(CC(=O)OCC(=O)N(C3CC3)[C@@H]3CCS(=O)(=O)C3)c2cc1C. The lowest BCUT2D eigenvalue weighted by Gasteiger charge is -2.28. The maximum Gasteiger partial charge on any atom is 0.310 e. The van der Waals surface area contributed by atoms with Gasteiger partial charge in [0.15, 0.2) is 16.4 Å². The van der Waals surface area contributed by atoms with Gasteiger partial charge in [-0.15, -0.1) is 0 Å². The molecule has 1 amide bonds. The first kappa shape index (κ1) is 19.9. The van der Waals surface area contributed by atoms with Gasteiger partial charge < -0.3 is 14.1 Å². The third kappa shape index (κ3) is 4.32. The molecule has 4 rings (SSSR count). The Hall–Kier alpha value is -2.35. The molecule has 29 heavy (non-hydrogen) atoms. The van der Waals surface area contributed by atoms with E-state index in [0.29, 0.717) is 12.0 Å². The van der Waals surface area contributed by atoms with E-state index in [0.717, 1.165) is 34.9 Å². The molecule has 2 aliphatic rings. The van der Waals surface area contributed by atoms with Crippen molar-refractivity contribution in [3.63, 3.8) is 0 Å². The molecule has 0 unspecified atom stereocenters. The van der Waals surface area contributed by atoms with Crippen molar-refractivity contribution in [2.75, 3.05) is 18.1 Å². The molecular formula is C21H25NO6S. The highest BCUT2D eigenvalue weighted by Crippen LogP contribution is 2.32. The van der Waals surface area contributed by atoms with Gasteiger partial charge in [-0.1, -0.05) is 0 Å². The average molecular weight is 419 g/mol. The second kappa shape index (κ2) is 7.48. The average Bonchev–Trinajstić information content (AvgIpc) is 3.32. The van der Waals surface area contributed by atoms with E-state index in [4.69, 9.17) is 9.15 Å². The molecule has 1 aliphatic heterocycles. The van der Waals surface area contributed by atoms with Gasteiger partial charge in [0.2, 0.25) is 0 Å². The Morgan fingerprint density at radius 3 is 2.52 bits per heavy atom. The first-order valence-electron chi connectivity index (χ1n) is 9.88. The summed E-state index contributed by atoms with van der Waals surface area (Å²) >= 11 is 0. The summed E-state index contributed by atoms with van der Waals surface area (Å²) in [7, 11) is -3.08. The molecule has 1 saturated carbocycles. The Balaban J connectivity index is 1.38. The molecule has 8 heteroatoms. The maximum absolute atomic E-state index is 12.7. The number of hydrogen-bond donors (Lipinski definition) is 0. The van der Waals surface area contributed by atoms with E-state index >= 15 is 0 Å². The summed E-state index contributed by atoms with van der Waals surface area (Å²) in [4.78, 5) is 26.6. The fraction of sp³-hybridized carbons (Fsp3) is 0.524. The summed E-state index contributed by atoms with van der Waals surface area (Å²) in [5.41, 5.74) is 3.66. The van der Waals surface area contributed by atoms with E-state index in [-0.39, 0.29) is 42.5 Å². The molecular weight excluding hydrogens is 394 g/mol. The van der Waals surface area contributed by atoms with Crippen LogP contribution in [0.3, 0.4) is 0 Å². The van der Waals surface area contributed by atoms with Crippen LogP contribution in [0.25, 0.3) is 11.0 Å². The lowest BCUT2D eigenvalue weighted by Crippen LogP contribution is -2.44. The molecule has 7 nitrogen and oxygen atoms in total. The van der Waals surface area contributed by atoms with E-state index in [1.165, 1.54) is 0 Å². The molecule has 156 valence electrons. The van der Waals surface area contributed by atoms with Gasteiger partial charge in [0.25, 0.3) is 5.91 Å². The second-order valence-corrected chi connectivity index (χ2v) is 10.3. The highest BCUT2D eigenvalue weighted by molar-refractivity contribution is 7.91. The summed E-state index contributed by atoms with van der Waals surface area (Å²) in [6.07, 6.45) is 3.76. The predicted molar refractivity (Wildman–Crippen MR) is 107 cm³/mol. The number of rotatable bonds is 6. The van der Waals surface area contributed by atoms with Crippen LogP contribution in [0.5, 0.6) is 0 Å². The van der Waals surface area contributed by atoms with Crippen LogP contribution in [0.1, 0.15) is 36.0 Å². The van der Waals surface area contributed by atoms with Gasteiger partial charge in [-0.2, -0.15) is 0 Å². The van der Waals surface area contributed by atoms with E-state index in [1.54, 1.807) is 11.2 Å². The van der Waals surface area contributed by atoms with Crippen LogP contribution in [-0.4, -0.2) is 55.4 Å². The van der Waals surface area contributed by atoms with Gasteiger partial charge in [0.1, 0.15) is 5.58 Å². The van der Waals surface area contributed by atoms with Gasteiger partial charge >= 0.3 is 5.97 Å². The monoisotopic (exact) mass is 419 g/mol. The van der Waals surface area contributed by atoms with Crippen LogP contribution < -0.4 is 0 Å². The predicted octanol–water partition coefficient (Wildman–Crippen LogP) is 2.31. The third-order valence-corrected chi connectivity index (χ3v) is 7.54. The third-order valence-electron chi connectivity index (χ3n) is 5.79. The van der Waals surface area contributed by atoms with Crippen LogP contribution in [-0.2, 0) is 30.6 Å². The fourth-order valence-electron chi connectivity index (χ4n) is 3.95. The molecule has 2 fully saturated rings. The number of sulfone groups is 1. The Labute approximate surface area is 169 Å². The molecule has 2 heterocycles. The molecule has 0 bridgehead atoms. The summed E-state index contributed by atoms with van der Waals surface area (Å²) in [6, 6.07) is 3.69. The van der Waals surface area contributed by atoms with Gasteiger partial charge in [-0.25, -0.2) is 8.42 Å². The minimum absolute atomic E-state index is 0.00294. The molecule has 1 aromatic carbocycles. The number of aryl methyl sites for hydroxylation is 2. The molecule has 2 aromatic rings. The minimum Gasteiger partial charge on any atom is -0.464 e. The maximum atomic E-state index is 12.7. The number of ether oxygens (including phenoxy) is 1. The quantitative estimate of drug-likeness (QED) is 0.667. The molecule has 0 N–H and O–H groups in total. The van der Waals surface area contributed by atoms with Crippen LogP contribution in [0.4, 0.5) is 0 Å². The Morgan fingerprint density at radius 1 is 1.14 bits per heavy atom. The van der Waals surface area contributed by atoms with Gasteiger partial charge in [-0.05, 0) is 56.4 Å². The van der Waals surface area contributed by atoms with Gasteiger partial charge in [-0.3, -0.25) is 9.59 Å². The number of esters is 1. The van der Waals surface area contributed by atoms with Crippen molar-refractivity contribution in [2.45, 2.75) is 51.6 Å². The number of hydrogen-bond acceptors (Lipinski definition) is 6. The minimum atomic E-state index is -3.08. The summed E-state index contributed by atoms with van der Waals surface area (Å²) in [6.45, 7) is 3.63. The zero-order valence-electron chi connectivity index (χ0n) is 16.6. The van der Waals surface area contributed by atoms with Crippen molar-refractivity contribution in [3.05, 3.63) is 35.1 Å². The van der Waals surface area contributed by atoms with E-state index < -0.39 is 15.8 Å². The molecule has 1 aromatic heterocycles. The number of fused-ring (bicyclic) bond motifs is 1. The van der Waals surface area contributed by atoms with Crippen molar-refractivity contribution in [1.82, 2.24) is 4.90 Å². The van der Waals surface area contributed by atoms with Crippen LogP contribution in [0, 0.1) is 13.8 Å².